The largest absolute Gasteiger partial charge is 0.364 e. The molecule has 0 aliphatic heterocycles. The fourth-order valence-electron chi connectivity index (χ4n) is 2.93. The van der Waals surface area contributed by atoms with Gasteiger partial charge in [-0.3, -0.25) is 9.69 Å². The molecular formula is C20H29N3O2. The van der Waals surface area contributed by atoms with E-state index in [0.717, 1.165) is 38.2 Å². The van der Waals surface area contributed by atoms with Gasteiger partial charge in [0.1, 0.15) is 12.0 Å². The highest BCUT2D eigenvalue weighted by Crippen LogP contribution is 2.19. The third kappa shape index (κ3) is 5.16. The van der Waals surface area contributed by atoms with Crippen molar-refractivity contribution >= 4 is 5.91 Å². The summed E-state index contributed by atoms with van der Waals surface area (Å²) in [6.45, 7) is 9.49. The van der Waals surface area contributed by atoms with Gasteiger partial charge in [-0.15, -0.1) is 0 Å². The molecule has 136 valence electrons. The minimum absolute atomic E-state index is 0.0129. The van der Waals surface area contributed by atoms with E-state index >= 15 is 0 Å². The number of benzene rings is 1. The number of amides is 1. The van der Waals surface area contributed by atoms with Gasteiger partial charge >= 0.3 is 0 Å². The number of hydrogen-bond acceptors (Lipinski definition) is 4. The number of carbonyl (C=O) groups is 1. The first-order valence-electron chi connectivity index (χ1n) is 9.05. The van der Waals surface area contributed by atoms with Crippen LogP contribution >= 0.6 is 0 Å². The van der Waals surface area contributed by atoms with E-state index in [1.807, 2.05) is 19.1 Å². The van der Waals surface area contributed by atoms with E-state index in [0.29, 0.717) is 5.56 Å². The Morgan fingerprint density at radius 3 is 2.28 bits per heavy atom. The van der Waals surface area contributed by atoms with Crippen LogP contribution in [0.4, 0.5) is 0 Å². The first-order chi connectivity index (χ1) is 12.1. The number of nitrogens with zero attached hydrogens (tertiary/aromatic N) is 3. The van der Waals surface area contributed by atoms with E-state index < -0.39 is 0 Å². The van der Waals surface area contributed by atoms with Gasteiger partial charge in [-0.25, -0.2) is 0 Å². The Hall–Kier alpha value is -2.14. The lowest BCUT2D eigenvalue weighted by atomic mass is 10.1. The van der Waals surface area contributed by atoms with Gasteiger partial charge in [-0.2, -0.15) is 0 Å². The maximum atomic E-state index is 12.7. The van der Waals surface area contributed by atoms with Crippen LogP contribution in [-0.4, -0.2) is 41.0 Å². The van der Waals surface area contributed by atoms with Crippen LogP contribution in [-0.2, 0) is 6.54 Å². The van der Waals surface area contributed by atoms with Crippen LogP contribution in [0.15, 0.2) is 41.1 Å². The Bertz CT molecular complexity index is 631. The molecule has 0 aliphatic rings. The molecule has 25 heavy (non-hydrogen) atoms. The second-order valence-electron chi connectivity index (χ2n) is 6.49. The lowest BCUT2D eigenvalue weighted by molar-refractivity contribution is 0.0737. The second-order valence-corrected chi connectivity index (χ2v) is 6.49. The van der Waals surface area contributed by atoms with Crippen molar-refractivity contribution in [1.29, 1.82) is 0 Å². The van der Waals surface area contributed by atoms with Crippen LogP contribution in [0.25, 0.3) is 0 Å². The molecule has 1 aromatic heterocycles. The highest BCUT2D eigenvalue weighted by molar-refractivity contribution is 5.94. The molecule has 1 heterocycles. The Labute approximate surface area is 150 Å². The summed E-state index contributed by atoms with van der Waals surface area (Å²) in [5.41, 5.74) is 2.69. The van der Waals surface area contributed by atoms with Gasteiger partial charge in [0, 0.05) is 25.2 Å². The molecule has 1 amide bonds. The van der Waals surface area contributed by atoms with Crippen molar-refractivity contribution in [3.8, 4) is 0 Å². The van der Waals surface area contributed by atoms with Gasteiger partial charge in [0.25, 0.3) is 5.91 Å². The van der Waals surface area contributed by atoms with Gasteiger partial charge in [0.05, 0.1) is 6.04 Å². The summed E-state index contributed by atoms with van der Waals surface area (Å²) in [6.07, 6.45) is 3.83. The second kappa shape index (κ2) is 9.37. The molecule has 0 fully saturated rings. The number of aromatic nitrogens is 1. The lowest BCUT2D eigenvalue weighted by Gasteiger charge is -2.24. The summed E-state index contributed by atoms with van der Waals surface area (Å²) in [6, 6.07) is 9.60. The molecule has 1 aromatic carbocycles. The zero-order valence-electron chi connectivity index (χ0n) is 15.7. The summed E-state index contributed by atoms with van der Waals surface area (Å²) in [5.74, 6) is -0.0129. The zero-order valence-corrected chi connectivity index (χ0v) is 15.7. The summed E-state index contributed by atoms with van der Waals surface area (Å²) >= 11 is 0. The standard InChI is InChI=1S/C20H29N3O2/c1-5-12-23(13-6-2)15-17-7-9-18(10-8-17)20(24)22(4)16(3)19-11-14-25-21-19/h7-11,14,16H,5-6,12-13,15H2,1-4H3/t16-/m1/s1. The normalized spacial score (nSPS) is 12.4. The van der Waals surface area contributed by atoms with Gasteiger partial charge in [-0.1, -0.05) is 31.1 Å². The van der Waals surface area contributed by atoms with Crippen LogP contribution in [0, 0.1) is 0 Å². The van der Waals surface area contributed by atoms with E-state index in [1.54, 1.807) is 18.0 Å². The highest BCUT2D eigenvalue weighted by Gasteiger charge is 2.20. The molecule has 0 radical (unpaired) electrons. The van der Waals surface area contributed by atoms with Crippen LogP contribution < -0.4 is 0 Å². The maximum absolute atomic E-state index is 12.7. The Morgan fingerprint density at radius 2 is 1.76 bits per heavy atom. The molecule has 0 unspecified atom stereocenters. The molecule has 0 saturated carbocycles. The summed E-state index contributed by atoms with van der Waals surface area (Å²) in [4.78, 5) is 16.8. The van der Waals surface area contributed by atoms with Crippen molar-refractivity contribution in [2.45, 2.75) is 46.2 Å². The molecule has 0 bridgehead atoms. The van der Waals surface area contributed by atoms with Crippen molar-refractivity contribution in [2.24, 2.45) is 0 Å². The number of rotatable bonds is 9. The SMILES string of the molecule is CCCN(CCC)Cc1ccc(C(=O)N(C)[C@H](C)c2ccon2)cc1. The topological polar surface area (TPSA) is 49.6 Å². The fraction of sp³-hybridized carbons (Fsp3) is 0.500. The van der Waals surface area contributed by atoms with Gasteiger partial charge in [0.2, 0.25) is 0 Å². The van der Waals surface area contributed by atoms with Gasteiger partial charge < -0.3 is 9.42 Å². The van der Waals surface area contributed by atoms with E-state index in [2.05, 4.69) is 36.0 Å². The molecule has 2 aromatic rings. The quantitative estimate of drug-likeness (QED) is 0.687. The van der Waals surface area contributed by atoms with Gasteiger partial charge in [-0.05, 0) is 50.6 Å². The third-order valence-electron chi connectivity index (χ3n) is 4.47. The monoisotopic (exact) mass is 343 g/mol. The van der Waals surface area contributed by atoms with Crippen molar-refractivity contribution in [3.63, 3.8) is 0 Å². The van der Waals surface area contributed by atoms with Gasteiger partial charge in [0.15, 0.2) is 0 Å². The molecule has 0 spiro atoms. The predicted octanol–water partition coefficient (Wildman–Crippen LogP) is 4.13. The maximum Gasteiger partial charge on any atom is 0.254 e. The first-order valence-corrected chi connectivity index (χ1v) is 9.05. The summed E-state index contributed by atoms with van der Waals surface area (Å²) in [7, 11) is 1.79. The van der Waals surface area contributed by atoms with Crippen LogP contribution in [0.5, 0.6) is 0 Å². The molecule has 0 saturated heterocycles. The molecule has 5 nitrogen and oxygen atoms in total. The third-order valence-corrected chi connectivity index (χ3v) is 4.47. The van der Waals surface area contributed by atoms with E-state index in [9.17, 15) is 4.79 Å². The number of hydrogen-bond donors (Lipinski definition) is 0. The number of carbonyl (C=O) groups excluding carboxylic acids is 1. The molecule has 5 heteroatoms. The minimum Gasteiger partial charge on any atom is -0.364 e. The molecule has 2 rings (SSSR count). The van der Waals surface area contributed by atoms with Crippen molar-refractivity contribution in [1.82, 2.24) is 15.0 Å². The first kappa shape index (κ1) is 19.2. The predicted molar refractivity (Wildman–Crippen MR) is 99.3 cm³/mol. The van der Waals surface area contributed by atoms with Crippen molar-refractivity contribution in [2.75, 3.05) is 20.1 Å². The Kier molecular flexibility index (Phi) is 7.19. The average Bonchev–Trinajstić information content (AvgIpc) is 3.15. The molecule has 0 aliphatic carbocycles. The Balaban J connectivity index is 2.02. The highest BCUT2D eigenvalue weighted by atomic mass is 16.5. The summed E-state index contributed by atoms with van der Waals surface area (Å²) in [5, 5.41) is 3.92. The summed E-state index contributed by atoms with van der Waals surface area (Å²) < 4.78 is 4.87. The van der Waals surface area contributed by atoms with Crippen molar-refractivity contribution in [3.05, 3.63) is 53.4 Å². The van der Waals surface area contributed by atoms with Crippen LogP contribution in [0.3, 0.4) is 0 Å². The van der Waals surface area contributed by atoms with E-state index in [1.165, 1.54) is 11.8 Å². The zero-order chi connectivity index (χ0) is 18.2. The van der Waals surface area contributed by atoms with Crippen LogP contribution in [0.2, 0.25) is 0 Å². The van der Waals surface area contributed by atoms with E-state index in [4.69, 9.17) is 4.52 Å². The molecule has 0 N–H and O–H groups in total. The fourth-order valence-corrected chi connectivity index (χ4v) is 2.93. The Morgan fingerprint density at radius 1 is 1.12 bits per heavy atom. The minimum atomic E-state index is -0.129. The van der Waals surface area contributed by atoms with Crippen LogP contribution in [0.1, 0.15) is 61.3 Å². The van der Waals surface area contributed by atoms with E-state index in [-0.39, 0.29) is 11.9 Å². The molecule has 1 atom stereocenters. The smallest absolute Gasteiger partial charge is 0.254 e. The average molecular weight is 343 g/mol. The van der Waals surface area contributed by atoms with Crippen molar-refractivity contribution < 1.29 is 9.32 Å². The lowest BCUT2D eigenvalue weighted by Crippen LogP contribution is -2.30. The molecular weight excluding hydrogens is 314 g/mol.